The summed E-state index contributed by atoms with van der Waals surface area (Å²) in [5, 5.41) is 11.1. The van der Waals surface area contributed by atoms with E-state index in [2.05, 4.69) is 0 Å². The summed E-state index contributed by atoms with van der Waals surface area (Å²) in [5.74, 6) is -0.294. The molecule has 0 fully saturated rings. The van der Waals surface area contributed by atoms with Crippen LogP contribution in [0.15, 0.2) is 24.3 Å². The van der Waals surface area contributed by atoms with Gasteiger partial charge in [0.25, 0.3) is 0 Å². The monoisotopic (exact) mass is 153 g/mol. The van der Waals surface area contributed by atoms with Crippen LogP contribution < -0.4 is 0 Å². The molecule has 1 unspecified atom stereocenters. The fourth-order valence-electron chi connectivity index (χ4n) is 0.913. The summed E-state index contributed by atoms with van der Waals surface area (Å²) < 4.78 is 12.4. The molecule has 1 radical (unpaired) electrons. The lowest BCUT2D eigenvalue weighted by Gasteiger charge is -2.03. The number of halogens is 1. The van der Waals surface area contributed by atoms with Gasteiger partial charge in [-0.1, -0.05) is 19.1 Å². The molecule has 0 bridgehead atoms. The third kappa shape index (κ3) is 2.02. The molecule has 0 N–H and O–H groups in total. The Hall–Kier alpha value is -0.890. The second-order valence-corrected chi connectivity index (χ2v) is 2.45. The first kappa shape index (κ1) is 8.21. The van der Waals surface area contributed by atoms with Crippen molar-refractivity contribution in [2.45, 2.75) is 19.4 Å². The fraction of sp³-hybridized carbons (Fsp3) is 0.333. The van der Waals surface area contributed by atoms with Crippen molar-refractivity contribution in [1.82, 2.24) is 0 Å². The molecular formula is C9H10FO. The molecule has 0 saturated heterocycles. The molecule has 0 heterocycles. The van der Waals surface area contributed by atoms with E-state index in [0.29, 0.717) is 12.0 Å². The maximum absolute atomic E-state index is 12.4. The van der Waals surface area contributed by atoms with Gasteiger partial charge >= 0.3 is 0 Å². The van der Waals surface area contributed by atoms with E-state index in [4.69, 9.17) is 0 Å². The van der Waals surface area contributed by atoms with E-state index in [1.807, 2.05) is 6.92 Å². The van der Waals surface area contributed by atoms with E-state index in [-0.39, 0.29) is 5.82 Å². The van der Waals surface area contributed by atoms with Gasteiger partial charge in [0.1, 0.15) is 11.9 Å². The van der Waals surface area contributed by atoms with Crippen LogP contribution in [0.5, 0.6) is 0 Å². The Kier molecular flexibility index (Phi) is 2.60. The second kappa shape index (κ2) is 3.49. The number of benzene rings is 1. The van der Waals surface area contributed by atoms with E-state index < -0.39 is 6.10 Å². The maximum Gasteiger partial charge on any atom is 0.123 e. The molecule has 0 aliphatic carbocycles. The van der Waals surface area contributed by atoms with Gasteiger partial charge in [0.05, 0.1) is 0 Å². The first-order valence-corrected chi connectivity index (χ1v) is 3.65. The lowest BCUT2D eigenvalue weighted by molar-refractivity contribution is 0.0856. The molecule has 1 atom stereocenters. The molecule has 1 rings (SSSR count). The van der Waals surface area contributed by atoms with Gasteiger partial charge < -0.3 is 0 Å². The molecule has 0 aliphatic heterocycles. The number of hydrogen-bond acceptors (Lipinski definition) is 0. The molecule has 2 heteroatoms. The lowest BCUT2D eigenvalue weighted by Crippen LogP contribution is -1.92. The summed E-state index contributed by atoms with van der Waals surface area (Å²) in [6.07, 6.45) is -0.165. The van der Waals surface area contributed by atoms with Crippen molar-refractivity contribution in [3.63, 3.8) is 0 Å². The molecule has 0 aliphatic rings. The fourth-order valence-corrected chi connectivity index (χ4v) is 0.913. The summed E-state index contributed by atoms with van der Waals surface area (Å²) in [5.41, 5.74) is 0.661. The molecule has 0 saturated carbocycles. The Labute approximate surface area is 65.5 Å². The zero-order valence-corrected chi connectivity index (χ0v) is 6.38. The minimum atomic E-state index is -0.712. The van der Waals surface area contributed by atoms with Crippen LogP contribution in [0.4, 0.5) is 4.39 Å². The van der Waals surface area contributed by atoms with Gasteiger partial charge in [-0.15, -0.1) is 0 Å². The van der Waals surface area contributed by atoms with E-state index in [1.165, 1.54) is 24.3 Å². The molecule has 0 spiro atoms. The molecule has 1 aromatic carbocycles. The summed E-state index contributed by atoms with van der Waals surface area (Å²) in [7, 11) is 0. The van der Waals surface area contributed by atoms with E-state index in [1.54, 1.807) is 0 Å². The Morgan fingerprint density at radius 1 is 1.36 bits per heavy atom. The molecule has 11 heavy (non-hydrogen) atoms. The van der Waals surface area contributed by atoms with Gasteiger partial charge in [-0.25, -0.2) is 9.50 Å². The van der Waals surface area contributed by atoms with Crippen LogP contribution in [0.1, 0.15) is 25.0 Å². The van der Waals surface area contributed by atoms with Crippen molar-refractivity contribution in [3.8, 4) is 0 Å². The molecular weight excluding hydrogens is 143 g/mol. The van der Waals surface area contributed by atoms with Crippen molar-refractivity contribution in [2.24, 2.45) is 0 Å². The third-order valence-corrected chi connectivity index (χ3v) is 1.61. The summed E-state index contributed by atoms with van der Waals surface area (Å²) >= 11 is 0. The Bertz CT molecular complexity index is 218. The predicted octanol–water partition coefficient (Wildman–Crippen LogP) is 2.71. The Morgan fingerprint density at radius 2 is 1.91 bits per heavy atom. The van der Waals surface area contributed by atoms with Crippen LogP contribution in [0.25, 0.3) is 0 Å². The molecule has 1 aromatic rings. The summed E-state index contributed by atoms with van der Waals surface area (Å²) in [6.45, 7) is 1.82. The van der Waals surface area contributed by atoms with Gasteiger partial charge in [0.15, 0.2) is 0 Å². The minimum absolute atomic E-state index is 0.294. The van der Waals surface area contributed by atoms with Crippen LogP contribution in [0.2, 0.25) is 0 Å². The zero-order valence-electron chi connectivity index (χ0n) is 6.38. The van der Waals surface area contributed by atoms with Crippen molar-refractivity contribution < 1.29 is 9.50 Å². The van der Waals surface area contributed by atoms with Gasteiger partial charge in [0.2, 0.25) is 0 Å². The van der Waals surface area contributed by atoms with Crippen LogP contribution >= 0.6 is 0 Å². The standard InChI is InChI=1S/C9H10FO/c1-2-9(11)7-3-5-8(10)6-4-7/h3-6,9H,2H2,1H3. The van der Waals surface area contributed by atoms with E-state index >= 15 is 0 Å². The minimum Gasteiger partial charge on any atom is -0.228 e. The second-order valence-electron chi connectivity index (χ2n) is 2.45. The highest BCUT2D eigenvalue weighted by molar-refractivity contribution is 5.18. The smallest absolute Gasteiger partial charge is 0.123 e. The zero-order chi connectivity index (χ0) is 8.27. The third-order valence-electron chi connectivity index (χ3n) is 1.61. The maximum atomic E-state index is 12.4. The quantitative estimate of drug-likeness (QED) is 0.622. The SMILES string of the molecule is CCC([O])c1ccc(F)cc1. The molecule has 0 amide bonds. The van der Waals surface area contributed by atoms with Crippen LogP contribution in [-0.4, -0.2) is 0 Å². The van der Waals surface area contributed by atoms with Crippen LogP contribution in [-0.2, 0) is 5.11 Å². The molecule has 59 valence electrons. The molecule has 0 aromatic heterocycles. The summed E-state index contributed by atoms with van der Waals surface area (Å²) in [4.78, 5) is 0. The van der Waals surface area contributed by atoms with Crippen molar-refractivity contribution in [2.75, 3.05) is 0 Å². The van der Waals surface area contributed by atoms with Crippen molar-refractivity contribution in [3.05, 3.63) is 35.6 Å². The lowest BCUT2D eigenvalue weighted by atomic mass is 10.1. The van der Waals surface area contributed by atoms with Crippen LogP contribution in [0, 0.1) is 5.82 Å². The predicted molar refractivity (Wildman–Crippen MR) is 40.1 cm³/mol. The van der Waals surface area contributed by atoms with Gasteiger partial charge in [-0.05, 0) is 24.1 Å². The molecule has 1 nitrogen and oxygen atoms in total. The average molecular weight is 153 g/mol. The Balaban J connectivity index is 2.81. The Morgan fingerprint density at radius 3 is 2.36 bits per heavy atom. The average Bonchev–Trinajstić information content (AvgIpc) is 2.05. The van der Waals surface area contributed by atoms with Gasteiger partial charge in [-0.2, -0.15) is 0 Å². The topological polar surface area (TPSA) is 19.9 Å². The largest absolute Gasteiger partial charge is 0.228 e. The number of rotatable bonds is 2. The van der Waals surface area contributed by atoms with Gasteiger partial charge in [-0.3, -0.25) is 0 Å². The summed E-state index contributed by atoms with van der Waals surface area (Å²) in [6, 6.07) is 5.71. The van der Waals surface area contributed by atoms with E-state index in [0.717, 1.165) is 0 Å². The highest BCUT2D eigenvalue weighted by Gasteiger charge is 2.04. The first-order valence-electron chi connectivity index (χ1n) is 3.65. The number of hydrogen-bond donors (Lipinski definition) is 0. The normalized spacial score (nSPS) is 13.0. The van der Waals surface area contributed by atoms with Crippen LogP contribution in [0.3, 0.4) is 0 Å². The van der Waals surface area contributed by atoms with Crippen molar-refractivity contribution >= 4 is 0 Å². The highest BCUT2D eigenvalue weighted by atomic mass is 19.1. The van der Waals surface area contributed by atoms with Gasteiger partial charge in [0, 0.05) is 0 Å². The van der Waals surface area contributed by atoms with Crippen molar-refractivity contribution in [1.29, 1.82) is 0 Å². The highest BCUT2D eigenvalue weighted by Crippen LogP contribution is 2.16. The van der Waals surface area contributed by atoms with E-state index in [9.17, 15) is 9.50 Å². The first-order chi connectivity index (χ1) is 5.24.